The Kier molecular flexibility index (Phi) is 3.09. The second-order valence-corrected chi connectivity index (χ2v) is 6.03. The largest absolute Gasteiger partial charge is 0.456 e. The van der Waals surface area contributed by atoms with Crippen LogP contribution in [-0.4, -0.2) is 0 Å². The Morgan fingerprint density at radius 2 is 1.64 bits per heavy atom. The Morgan fingerprint density at radius 3 is 2.45 bits per heavy atom. The van der Waals surface area contributed by atoms with Crippen molar-refractivity contribution in [3.63, 3.8) is 0 Å². The van der Waals surface area contributed by atoms with Crippen LogP contribution in [0.5, 0.6) is 0 Å². The number of hydrogen-bond donors (Lipinski definition) is 0. The van der Waals surface area contributed by atoms with E-state index < -0.39 is 0 Å². The summed E-state index contributed by atoms with van der Waals surface area (Å²) in [5.74, 6) is 0. The van der Waals surface area contributed by atoms with Gasteiger partial charge in [0.1, 0.15) is 11.2 Å². The first-order valence-corrected chi connectivity index (χ1v) is 7.74. The van der Waals surface area contributed by atoms with Gasteiger partial charge in [-0.05, 0) is 35.4 Å². The van der Waals surface area contributed by atoms with Crippen molar-refractivity contribution in [1.82, 2.24) is 0 Å². The highest BCUT2D eigenvalue weighted by Gasteiger charge is 2.12. The van der Waals surface area contributed by atoms with Crippen LogP contribution in [0, 0.1) is 0 Å². The molecule has 0 fully saturated rings. The Hall–Kier alpha value is -2.39. The first-order valence-electron chi connectivity index (χ1n) is 6.94. The van der Waals surface area contributed by atoms with E-state index in [0.29, 0.717) is 21.9 Å². The number of rotatable bonds is 1. The van der Waals surface area contributed by atoms with Crippen LogP contribution in [0.25, 0.3) is 33.1 Å². The zero-order valence-corrected chi connectivity index (χ0v) is 13.1. The van der Waals surface area contributed by atoms with Gasteiger partial charge in [-0.1, -0.05) is 58.4 Å². The highest BCUT2D eigenvalue weighted by Crippen LogP contribution is 2.29. The molecular weight excluding hydrogens is 340 g/mol. The van der Waals surface area contributed by atoms with Gasteiger partial charge < -0.3 is 4.42 Å². The second kappa shape index (κ2) is 5.11. The first-order chi connectivity index (χ1) is 10.7. The zero-order valence-electron chi connectivity index (χ0n) is 11.5. The minimum atomic E-state index is -0.00277. The van der Waals surface area contributed by atoms with E-state index in [2.05, 4.69) is 15.9 Å². The minimum absolute atomic E-state index is 0.00277. The molecule has 0 amide bonds. The maximum absolute atomic E-state index is 13.0. The van der Waals surface area contributed by atoms with Crippen LogP contribution in [0.4, 0.5) is 0 Å². The lowest BCUT2D eigenvalue weighted by molar-refractivity contribution is 0.660. The summed E-state index contributed by atoms with van der Waals surface area (Å²) in [4.78, 5) is 13.0. The molecule has 0 aliphatic carbocycles. The van der Waals surface area contributed by atoms with Gasteiger partial charge in [0.25, 0.3) is 0 Å². The molecule has 0 radical (unpaired) electrons. The van der Waals surface area contributed by atoms with Crippen molar-refractivity contribution in [3.05, 3.63) is 81.4 Å². The maximum atomic E-state index is 13.0. The Bertz CT molecular complexity index is 1050. The van der Waals surface area contributed by atoms with Gasteiger partial charge in [-0.15, -0.1) is 0 Å². The van der Waals surface area contributed by atoms with E-state index in [0.717, 1.165) is 15.6 Å². The molecule has 3 heteroatoms. The van der Waals surface area contributed by atoms with Crippen LogP contribution in [-0.2, 0) is 0 Å². The third-order valence-electron chi connectivity index (χ3n) is 3.74. The van der Waals surface area contributed by atoms with Crippen molar-refractivity contribution in [2.24, 2.45) is 0 Å². The van der Waals surface area contributed by atoms with Crippen LogP contribution >= 0.6 is 15.9 Å². The summed E-state index contributed by atoms with van der Waals surface area (Å²) in [7, 11) is 0. The number of benzene rings is 3. The molecule has 0 aliphatic heterocycles. The Balaban J connectivity index is 2.18. The van der Waals surface area contributed by atoms with Gasteiger partial charge in [-0.2, -0.15) is 0 Å². The van der Waals surface area contributed by atoms with Gasteiger partial charge in [0.15, 0.2) is 0 Å². The molecule has 1 heterocycles. The molecule has 4 aromatic rings. The van der Waals surface area contributed by atoms with Gasteiger partial charge in [0.2, 0.25) is 5.43 Å². The fourth-order valence-electron chi connectivity index (χ4n) is 2.73. The molecule has 4 rings (SSSR count). The average Bonchev–Trinajstić information content (AvgIpc) is 2.56. The summed E-state index contributed by atoms with van der Waals surface area (Å²) < 4.78 is 6.79. The standard InChI is InChI=1S/C19H11BrO2/c20-13-9-10-16-15(11-13)19(21)18-14(7-4-8-17(18)22-16)12-5-2-1-3-6-12/h1-11H. The molecular formula is C19H11BrO2. The van der Waals surface area contributed by atoms with Gasteiger partial charge in [-0.3, -0.25) is 4.79 Å². The summed E-state index contributed by atoms with van der Waals surface area (Å²) >= 11 is 3.41. The molecule has 0 atom stereocenters. The Labute approximate surface area is 135 Å². The van der Waals surface area contributed by atoms with E-state index in [1.54, 1.807) is 0 Å². The van der Waals surface area contributed by atoms with E-state index >= 15 is 0 Å². The zero-order chi connectivity index (χ0) is 15.1. The van der Waals surface area contributed by atoms with Crippen molar-refractivity contribution in [1.29, 1.82) is 0 Å². The monoisotopic (exact) mass is 350 g/mol. The van der Waals surface area contributed by atoms with E-state index in [1.807, 2.05) is 66.7 Å². The van der Waals surface area contributed by atoms with Crippen LogP contribution < -0.4 is 5.43 Å². The number of fused-ring (bicyclic) bond motifs is 2. The highest BCUT2D eigenvalue weighted by atomic mass is 79.9. The van der Waals surface area contributed by atoms with Crippen LogP contribution in [0.1, 0.15) is 0 Å². The summed E-state index contributed by atoms with van der Waals surface area (Å²) in [5, 5.41) is 1.21. The highest BCUT2D eigenvalue weighted by molar-refractivity contribution is 9.10. The molecule has 0 unspecified atom stereocenters. The molecule has 0 N–H and O–H groups in total. The molecule has 0 aliphatic rings. The normalized spacial score (nSPS) is 11.1. The quantitative estimate of drug-likeness (QED) is 0.431. The molecule has 22 heavy (non-hydrogen) atoms. The number of halogens is 1. The summed E-state index contributed by atoms with van der Waals surface area (Å²) in [5.41, 5.74) is 3.12. The lowest BCUT2D eigenvalue weighted by Gasteiger charge is -2.07. The van der Waals surface area contributed by atoms with Gasteiger partial charge in [0.05, 0.1) is 10.8 Å². The van der Waals surface area contributed by atoms with Gasteiger partial charge >= 0.3 is 0 Å². The van der Waals surface area contributed by atoms with Crippen molar-refractivity contribution in [2.45, 2.75) is 0 Å². The van der Waals surface area contributed by atoms with E-state index in [4.69, 9.17) is 4.42 Å². The summed E-state index contributed by atoms with van der Waals surface area (Å²) in [6.07, 6.45) is 0. The topological polar surface area (TPSA) is 30.2 Å². The average molecular weight is 351 g/mol. The lowest BCUT2D eigenvalue weighted by atomic mass is 10.00. The first kappa shape index (κ1) is 13.3. The van der Waals surface area contributed by atoms with Crippen molar-refractivity contribution in [2.75, 3.05) is 0 Å². The smallest absolute Gasteiger partial charge is 0.201 e. The van der Waals surface area contributed by atoms with Gasteiger partial charge in [0, 0.05) is 4.47 Å². The molecule has 1 aromatic heterocycles. The third kappa shape index (κ3) is 2.06. The van der Waals surface area contributed by atoms with E-state index in [1.165, 1.54) is 0 Å². The fraction of sp³-hybridized carbons (Fsp3) is 0. The van der Waals surface area contributed by atoms with Crippen molar-refractivity contribution >= 4 is 37.9 Å². The van der Waals surface area contributed by atoms with Crippen molar-refractivity contribution in [3.8, 4) is 11.1 Å². The van der Waals surface area contributed by atoms with Crippen LogP contribution in [0.3, 0.4) is 0 Å². The predicted molar refractivity (Wildman–Crippen MR) is 93.1 cm³/mol. The SMILES string of the molecule is O=c1c2cc(Br)ccc2oc2cccc(-c3ccccc3)c12. The summed E-state index contributed by atoms with van der Waals surface area (Å²) in [6, 6.07) is 21.1. The molecule has 0 saturated carbocycles. The number of hydrogen-bond acceptors (Lipinski definition) is 2. The fourth-order valence-corrected chi connectivity index (χ4v) is 3.09. The molecule has 2 nitrogen and oxygen atoms in total. The molecule has 0 bridgehead atoms. The van der Waals surface area contributed by atoms with Crippen LogP contribution in [0.15, 0.2) is 80.4 Å². The molecule has 106 valence electrons. The third-order valence-corrected chi connectivity index (χ3v) is 4.24. The molecule has 0 saturated heterocycles. The van der Waals surface area contributed by atoms with E-state index in [-0.39, 0.29) is 5.43 Å². The maximum Gasteiger partial charge on any atom is 0.201 e. The lowest BCUT2D eigenvalue weighted by Crippen LogP contribution is -2.03. The van der Waals surface area contributed by atoms with Crippen LogP contribution in [0.2, 0.25) is 0 Å². The van der Waals surface area contributed by atoms with Gasteiger partial charge in [-0.25, -0.2) is 0 Å². The second-order valence-electron chi connectivity index (χ2n) is 5.12. The minimum Gasteiger partial charge on any atom is -0.456 e. The predicted octanol–water partition coefficient (Wildman–Crippen LogP) is 5.38. The van der Waals surface area contributed by atoms with Crippen molar-refractivity contribution < 1.29 is 4.42 Å². The van der Waals surface area contributed by atoms with E-state index in [9.17, 15) is 4.79 Å². The molecule has 3 aromatic carbocycles. The Morgan fingerprint density at radius 1 is 0.818 bits per heavy atom. The summed E-state index contributed by atoms with van der Waals surface area (Å²) in [6.45, 7) is 0. The molecule has 0 spiro atoms.